The van der Waals surface area contributed by atoms with Gasteiger partial charge in [-0.15, -0.1) is 11.8 Å². The molecule has 19 heavy (non-hydrogen) atoms. The fourth-order valence-corrected chi connectivity index (χ4v) is 3.94. The maximum atomic E-state index is 2.62. The van der Waals surface area contributed by atoms with Crippen molar-refractivity contribution in [2.75, 3.05) is 12.8 Å². The molecule has 1 fully saturated rings. The predicted molar refractivity (Wildman–Crippen MR) is 84.9 cm³/mol. The molecule has 2 heterocycles. The Labute approximate surface area is 123 Å². The maximum absolute atomic E-state index is 2.62. The molecule has 0 aliphatic carbocycles. The van der Waals surface area contributed by atoms with Gasteiger partial charge in [0.2, 0.25) is 0 Å². The van der Waals surface area contributed by atoms with Crippen LogP contribution in [-0.2, 0) is 6.54 Å². The molecule has 0 N–H and O–H groups in total. The molecule has 1 aliphatic rings. The van der Waals surface area contributed by atoms with E-state index < -0.39 is 0 Å². The fraction of sp³-hybridized carbons (Fsp3) is 0.375. The van der Waals surface area contributed by atoms with Gasteiger partial charge in [0.25, 0.3) is 0 Å². The standard InChI is InChI=1S/C16H19NS2/c1-18-15-6-4-13(5-7-15)11-17-9-2-3-16(17)14-8-10-19-12-14/h4-8,10,12,16H,2-3,9,11H2,1H3. The number of rotatable bonds is 4. The molecule has 1 aromatic heterocycles. The lowest BCUT2D eigenvalue weighted by Gasteiger charge is -2.24. The zero-order valence-electron chi connectivity index (χ0n) is 11.2. The quantitative estimate of drug-likeness (QED) is 0.743. The second-order valence-corrected chi connectivity index (χ2v) is 6.69. The molecule has 2 aromatic rings. The minimum absolute atomic E-state index is 0.631. The minimum atomic E-state index is 0.631. The van der Waals surface area contributed by atoms with Crippen LogP contribution in [0.4, 0.5) is 0 Å². The summed E-state index contributed by atoms with van der Waals surface area (Å²) in [6.45, 7) is 2.31. The molecule has 0 saturated carbocycles. The summed E-state index contributed by atoms with van der Waals surface area (Å²) in [4.78, 5) is 3.97. The van der Waals surface area contributed by atoms with Crippen molar-refractivity contribution in [3.63, 3.8) is 0 Å². The van der Waals surface area contributed by atoms with Crippen LogP contribution in [0.5, 0.6) is 0 Å². The van der Waals surface area contributed by atoms with Gasteiger partial charge in [0, 0.05) is 17.5 Å². The molecule has 0 bridgehead atoms. The van der Waals surface area contributed by atoms with Crippen molar-refractivity contribution in [3.8, 4) is 0 Å². The third-order valence-electron chi connectivity index (χ3n) is 3.84. The highest BCUT2D eigenvalue weighted by Crippen LogP contribution is 2.34. The molecule has 1 unspecified atom stereocenters. The zero-order chi connectivity index (χ0) is 13.1. The van der Waals surface area contributed by atoms with Crippen molar-refractivity contribution >= 4 is 23.1 Å². The van der Waals surface area contributed by atoms with Crippen LogP contribution >= 0.6 is 23.1 Å². The van der Waals surface area contributed by atoms with Crippen molar-refractivity contribution in [1.29, 1.82) is 0 Å². The van der Waals surface area contributed by atoms with E-state index in [0.717, 1.165) is 6.54 Å². The summed E-state index contributed by atoms with van der Waals surface area (Å²) in [6.07, 6.45) is 4.76. The Kier molecular flexibility index (Phi) is 4.26. The minimum Gasteiger partial charge on any atom is -0.292 e. The van der Waals surface area contributed by atoms with Crippen LogP contribution in [0, 0.1) is 0 Å². The van der Waals surface area contributed by atoms with Crippen molar-refractivity contribution in [1.82, 2.24) is 4.90 Å². The third-order valence-corrected chi connectivity index (χ3v) is 5.28. The lowest BCUT2D eigenvalue weighted by Crippen LogP contribution is -2.22. The largest absolute Gasteiger partial charge is 0.292 e. The number of thiophene rings is 1. The highest BCUT2D eigenvalue weighted by Gasteiger charge is 2.25. The smallest absolute Gasteiger partial charge is 0.0360 e. The van der Waals surface area contributed by atoms with E-state index in [2.05, 4.69) is 52.2 Å². The second kappa shape index (κ2) is 6.12. The van der Waals surface area contributed by atoms with Crippen LogP contribution in [0.2, 0.25) is 0 Å². The van der Waals surface area contributed by atoms with E-state index >= 15 is 0 Å². The third kappa shape index (κ3) is 3.04. The van der Waals surface area contributed by atoms with Crippen LogP contribution in [-0.4, -0.2) is 17.7 Å². The van der Waals surface area contributed by atoms with Crippen LogP contribution < -0.4 is 0 Å². The highest BCUT2D eigenvalue weighted by molar-refractivity contribution is 7.98. The van der Waals surface area contributed by atoms with E-state index in [9.17, 15) is 0 Å². The molecule has 1 aliphatic heterocycles. The van der Waals surface area contributed by atoms with E-state index in [0.29, 0.717) is 6.04 Å². The summed E-state index contributed by atoms with van der Waals surface area (Å²) in [5.41, 5.74) is 2.93. The Hall–Kier alpha value is -0.770. The first-order chi connectivity index (χ1) is 9.36. The SMILES string of the molecule is CSc1ccc(CN2CCCC2c2ccsc2)cc1. The maximum Gasteiger partial charge on any atom is 0.0360 e. The molecular weight excluding hydrogens is 270 g/mol. The lowest BCUT2D eigenvalue weighted by molar-refractivity contribution is 0.249. The Morgan fingerprint density at radius 3 is 2.79 bits per heavy atom. The summed E-state index contributed by atoms with van der Waals surface area (Å²) < 4.78 is 0. The van der Waals surface area contributed by atoms with Crippen LogP contribution in [0.3, 0.4) is 0 Å². The van der Waals surface area contributed by atoms with Gasteiger partial charge in [-0.25, -0.2) is 0 Å². The number of hydrogen-bond donors (Lipinski definition) is 0. The molecule has 1 nitrogen and oxygen atoms in total. The van der Waals surface area contributed by atoms with Crippen molar-refractivity contribution < 1.29 is 0 Å². The molecule has 3 heteroatoms. The summed E-state index contributed by atoms with van der Waals surface area (Å²) >= 11 is 3.62. The highest BCUT2D eigenvalue weighted by atomic mass is 32.2. The van der Waals surface area contributed by atoms with Gasteiger partial charge in [-0.2, -0.15) is 11.3 Å². The molecule has 100 valence electrons. The van der Waals surface area contributed by atoms with Crippen molar-refractivity contribution in [2.45, 2.75) is 30.3 Å². The molecule has 1 aromatic carbocycles. The second-order valence-electron chi connectivity index (χ2n) is 5.03. The Bertz CT molecular complexity index is 504. The number of nitrogens with zero attached hydrogens (tertiary/aromatic N) is 1. The summed E-state index contributed by atoms with van der Waals surface area (Å²) in [5, 5.41) is 4.50. The van der Waals surface area contributed by atoms with Crippen LogP contribution in [0.1, 0.15) is 30.0 Å². The molecular formula is C16H19NS2. The van der Waals surface area contributed by atoms with Gasteiger partial charge in [-0.1, -0.05) is 12.1 Å². The van der Waals surface area contributed by atoms with Gasteiger partial charge >= 0.3 is 0 Å². The van der Waals surface area contributed by atoms with Gasteiger partial charge in [-0.3, -0.25) is 4.90 Å². The first-order valence-electron chi connectivity index (χ1n) is 6.76. The van der Waals surface area contributed by atoms with E-state index in [1.165, 1.54) is 35.4 Å². The fourth-order valence-electron chi connectivity index (χ4n) is 2.82. The van der Waals surface area contributed by atoms with Gasteiger partial charge < -0.3 is 0 Å². The predicted octanol–water partition coefficient (Wildman–Crippen LogP) is 4.81. The number of benzene rings is 1. The van der Waals surface area contributed by atoms with E-state index in [4.69, 9.17) is 0 Å². The first kappa shape index (κ1) is 13.2. The molecule has 3 rings (SSSR count). The topological polar surface area (TPSA) is 3.24 Å². The van der Waals surface area contributed by atoms with Crippen LogP contribution in [0.15, 0.2) is 46.0 Å². The Morgan fingerprint density at radius 1 is 1.26 bits per heavy atom. The Balaban J connectivity index is 1.71. The Morgan fingerprint density at radius 2 is 2.11 bits per heavy atom. The average molecular weight is 289 g/mol. The van der Waals surface area contributed by atoms with Crippen molar-refractivity contribution in [3.05, 3.63) is 52.2 Å². The van der Waals surface area contributed by atoms with Crippen LogP contribution in [0.25, 0.3) is 0 Å². The zero-order valence-corrected chi connectivity index (χ0v) is 12.8. The van der Waals surface area contributed by atoms with Gasteiger partial charge in [0.15, 0.2) is 0 Å². The summed E-state index contributed by atoms with van der Waals surface area (Å²) in [5.74, 6) is 0. The lowest BCUT2D eigenvalue weighted by atomic mass is 10.1. The van der Waals surface area contributed by atoms with E-state index in [-0.39, 0.29) is 0 Å². The number of hydrogen-bond acceptors (Lipinski definition) is 3. The molecule has 1 atom stereocenters. The normalized spacial score (nSPS) is 19.9. The summed E-state index contributed by atoms with van der Waals surface area (Å²) in [6, 6.07) is 11.9. The number of likely N-dealkylation sites (tertiary alicyclic amines) is 1. The molecule has 0 amide bonds. The van der Waals surface area contributed by atoms with Crippen molar-refractivity contribution in [2.24, 2.45) is 0 Å². The monoisotopic (exact) mass is 289 g/mol. The molecule has 0 spiro atoms. The van der Waals surface area contributed by atoms with Gasteiger partial charge in [-0.05, 0) is 65.7 Å². The van der Waals surface area contributed by atoms with E-state index in [1.807, 2.05) is 11.3 Å². The number of thioether (sulfide) groups is 1. The van der Waals surface area contributed by atoms with Gasteiger partial charge in [0.05, 0.1) is 0 Å². The average Bonchev–Trinajstić information content (AvgIpc) is 3.10. The van der Waals surface area contributed by atoms with Gasteiger partial charge in [0.1, 0.15) is 0 Å². The first-order valence-corrected chi connectivity index (χ1v) is 8.92. The summed E-state index contributed by atoms with van der Waals surface area (Å²) in [7, 11) is 0. The molecule has 1 saturated heterocycles. The molecule has 0 radical (unpaired) electrons. The van der Waals surface area contributed by atoms with E-state index in [1.54, 1.807) is 11.8 Å².